The van der Waals surface area contributed by atoms with Crippen molar-refractivity contribution in [2.24, 2.45) is 0 Å². The first-order valence-corrected chi connectivity index (χ1v) is 9.46. The summed E-state index contributed by atoms with van der Waals surface area (Å²) in [4.78, 5) is 28.3. The minimum atomic E-state index is -0.968. The summed E-state index contributed by atoms with van der Waals surface area (Å²) in [5, 5.41) is 11.4. The highest BCUT2D eigenvalue weighted by atomic mass is 32.1. The van der Waals surface area contributed by atoms with Gasteiger partial charge < -0.3 is 19.3 Å². The summed E-state index contributed by atoms with van der Waals surface area (Å²) in [7, 11) is 4.47. The Kier molecular flexibility index (Phi) is 6.13. The van der Waals surface area contributed by atoms with Crippen molar-refractivity contribution in [2.45, 2.75) is 6.42 Å². The molecule has 150 valence electrons. The molecule has 0 unspecified atom stereocenters. The van der Waals surface area contributed by atoms with Gasteiger partial charge in [0, 0.05) is 17.4 Å². The third-order valence-electron chi connectivity index (χ3n) is 4.27. The van der Waals surface area contributed by atoms with E-state index in [-0.39, 0.29) is 11.3 Å². The van der Waals surface area contributed by atoms with Gasteiger partial charge in [0.05, 0.1) is 31.9 Å². The SMILES string of the molecule is COc1cc(C(=O)c2csc(Cc3ccc(C(=O)O)cc3)n2)cc(OC)c1OC. The Bertz CT molecular complexity index is 1020. The van der Waals surface area contributed by atoms with Crippen molar-refractivity contribution in [2.75, 3.05) is 21.3 Å². The standard InChI is InChI=1S/C21H19NO6S/c1-26-16-9-14(10-17(27-2)20(16)28-3)19(23)15-11-29-18(22-15)8-12-4-6-13(7-5-12)21(24)25/h4-7,9-11H,8H2,1-3H3,(H,24,25). The fourth-order valence-electron chi connectivity index (χ4n) is 2.80. The number of aromatic nitrogens is 1. The fourth-order valence-corrected chi connectivity index (χ4v) is 3.60. The number of methoxy groups -OCH3 is 3. The van der Waals surface area contributed by atoms with Crippen molar-refractivity contribution in [3.05, 3.63) is 69.2 Å². The Morgan fingerprint density at radius 2 is 1.59 bits per heavy atom. The zero-order valence-corrected chi connectivity index (χ0v) is 16.9. The van der Waals surface area contributed by atoms with E-state index in [1.54, 1.807) is 41.8 Å². The Morgan fingerprint density at radius 1 is 0.966 bits per heavy atom. The van der Waals surface area contributed by atoms with Gasteiger partial charge in [-0.2, -0.15) is 0 Å². The molecule has 3 rings (SSSR count). The minimum absolute atomic E-state index is 0.228. The summed E-state index contributed by atoms with van der Waals surface area (Å²) in [5.41, 5.74) is 1.84. The second kappa shape index (κ2) is 8.74. The Balaban J connectivity index is 1.83. The van der Waals surface area contributed by atoms with Gasteiger partial charge in [-0.1, -0.05) is 12.1 Å². The average molecular weight is 413 g/mol. The monoisotopic (exact) mass is 413 g/mol. The van der Waals surface area contributed by atoms with Gasteiger partial charge in [0.2, 0.25) is 11.5 Å². The molecule has 0 bridgehead atoms. The first kappa shape index (κ1) is 20.3. The summed E-state index contributed by atoms with van der Waals surface area (Å²) >= 11 is 1.37. The van der Waals surface area contributed by atoms with Gasteiger partial charge in [0.1, 0.15) is 5.69 Å². The molecule has 0 aliphatic carbocycles. The van der Waals surface area contributed by atoms with Gasteiger partial charge in [0.25, 0.3) is 0 Å². The maximum atomic E-state index is 12.9. The van der Waals surface area contributed by atoms with Crippen LogP contribution in [0.15, 0.2) is 41.8 Å². The van der Waals surface area contributed by atoms with Gasteiger partial charge >= 0.3 is 5.97 Å². The summed E-state index contributed by atoms with van der Waals surface area (Å²) in [6.07, 6.45) is 0.507. The summed E-state index contributed by atoms with van der Waals surface area (Å²) in [5.74, 6) is -0.0271. The molecule has 1 N–H and O–H groups in total. The number of benzene rings is 2. The number of nitrogens with zero attached hydrogens (tertiary/aromatic N) is 1. The highest BCUT2D eigenvalue weighted by Crippen LogP contribution is 2.38. The number of ketones is 1. The van der Waals surface area contributed by atoms with Gasteiger partial charge in [0.15, 0.2) is 11.5 Å². The van der Waals surface area contributed by atoms with Crippen molar-refractivity contribution >= 4 is 23.1 Å². The van der Waals surface area contributed by atoms with Crippen molar-refractivity contribution < 1.29 is 28.9 Å². The van der Waals surface area contributed by atoms with Gasteiger partial charge in [-0.15, -0.1) is 11.3 Å². The van der Waals surface area contributed by atoms with Crippen LogP contribution in [0.2, 0.25) is 0 Å². The van der Waals surface area contributed by atoms with Crippen LogP contribution in [0.1, 0.15) is 37.0 Å². The predicted octanol–water partition coefficient (Wildman–Crippen LogP) is 3.69. The number of carboxylic acid groups (broad SMARTS) is 1. The number of ether oxygens (including phenoxy) is 3. The van der Waals surface area contributed by atoms with Crippen molar-refractivity contribution in [1.82, 2.24) is 4.98 Å². The molecule has 2 aromatic carbocycles. The molecule has 0 fully saturated rings. The normalized spacial score (nSPS) is 10.4. The molecular weight excluding hydrogens is 394 g/mol. The molecule has 29 heavy (non-hydrogen) atoms. The minimum Gasteiger partial charge on any atom is -0.493 e. The maximum absolute atomic E-state index is 12.9. The van der Waals surface area contributed by atoms with Crippen LogP contribution >= 0.6 is 11.3 Å². The Morgan fingerprint density at radius 3 is 2.10 bits per heavy atom. The van der Waals surface area contributed by atoms with Crippen LogP contribution in [-0.2, 0) is 6.42 Å². The third kappa shape index (κ3) is 4.38. The number of aromatic carboxylic acids is 1. The zero-order valence-electron chi connectivity index (χ0n) is 16.1. The highest BCUT2D eigenvalue weighted by Gasteiger charge is 2.20. The Labute approximate surface area is 171 Å². The van der Waals surface area contributed by atoms with Gasteiger partial charge in [-0.25, -0.2) is 9.78 Å². The van der Waals surface area contributed by atoms with Crippen LogP contribution in [0, 0.1) is 0 Å². The second-order valence-electron chi connectivity index (χ2n) is 6.05. The molecule has 8 heteroatoms. The van der Waals surface area contributed by atoms with E-state index in [9.17, 15) is 9.59 Å². The molecular formula is C21H19NO6S. The molecule has 0 radical (unpaired) electrons. The first-order valence-electron chi connectivity index (χ1n) is 8.58. The van der Waals surface area contributed by atoms with Crippen molar-refractivity contribution in [3.63, 3.8) is 0 Å². The largest absolute Gasteiger partial charge is 0.493 e. The molecule has 0 atom stereocenters. The Hall–Kier alpha value is -3.39. The van der Waals surface area contributed by atoms with Gasteiger partial charge in [-0.05, 0) is 29.8 Å². The highest BCUT2D eigenvalue weighted by molar-refractivity contribution is 7.09. The molecule has 0 aliphatic heterocycles. The smallest absolute Gasteiger partial charge is 0.335 e. The lowest BCUT2D eigenvalue weighted by atomic mass is 10.1. The van der Waals surface area contributed by atoms with E-state index in [1.807, 2.05) is 0 Å². The first-order chi connectivity index (χ1) is 14.0. The quantitative estimate of drug-likeness (QED) is 0.563. The van der Waals surface area contributed by atoms with E-state index in [2.05, 4.69) is 4.98 Å². The predicted molar refractivity (Wildman–Crippen MR) is 108 cm³/mol. The number of hydrogen-bond donors (Lipinski definition) is 1. The molecule has 0 aliphatic rings. The zero-order chi connectivity index (χ0) is 21.0. The van der Waals surface area contributed by atoms with E-state index < -0.39 is 5.97 Å². The second-order valence-corrected chi connectivity index (χ2v) is 6.99. The summed E-state index contributed by atoms with van der Waals surface area (Å²) in [6.45, 7) is 0. The summed E-state index contributed by atoms with van der Waals surface area (Å²) < 4.78 is 15.9. The van der Waals surface area contributed by atoms with Crippen LogP contribution in [0.25, 0.3) is 0 Å². The van der Waals surface area contributed by atoms with Crippen LogP contribution in [-0.4, -0.2) is 43.2 Å². The van der Waals surface area contributed by atoms with E-state index in [4.69, 9.17) is 19.3 Å². The number of carboxylic acids is 1. The number of carbonyl (C=O) groups is 2. The molecule has 1 heterocycles. The molecule has 0 saturated carbocycles. The number of carbonyl (C=O) groups excluding carboxylic acids is 1. The lowest BCUT2D eigenvalue weighted by molar-refractivity contribution is 0.0696. The molecule has 3 aromatic rings. The molecule has 7 nitrogen and oxygen atoms in total. The van der Waals surface area contributed by atoms with E-state index in [0.717, 1.165) is 10.6 Å². The fraction of sp³-hybridized carbons (Fsp3) is 0.190. The van der Waals surface area contributed by atoms with Crippen molar-refractivity contribution in [1.29, 1.82) is 0 Å². The summed E-state index contributed by atoms with van der Waals surface area (Å²) in [6, 6.07) is 9.76. The molecule has 0 saturated heterocycles. The number of hydrogen-bond acceptors (Lipinski definition) is 7. The van der Waals surface area contributed by atoms with Crippen LogP contribution in [0.5, 0.6) is 17.2 Å². The topological polar surface area (TPSA) is 95.0 Å². The van der Waals surface area contributed by atoms with E-state index >= 15 is 0 Å². The van der Waals surface area contributed by atoms with Crippen LogP contribution in [0.3, 0.4) is 0 Å². The molecule has 0 spiro atoms. The molecule has 0 amide bonds. The number of rotatable bonds is 8. The van der Waals surface area contributed by atoms with E-state index in [1.165, 1.54) is 32.7 Å². The van der Waals surface area contributed by atoms with Crippen LogP contribution in [0.4, 0.5) is 0 Å². The lowest BCUT2D eigenvalue weighted by Gasteiger charge is -2.13. The molecule has 1 aromatic heterocycles. The van der Waals surface area contributed by atoms with Crippen LogP contribution < -0.4 is 14.2 Å². The van der Waals surface area contributed by atoms with E-state index in [0.29, 0.717) is 34.9 Å². The maximum Gasteiger partial charge on any atom is 0.335 e. The third-order valence-corrected chi connectivity index (χ3v) is 5.12. The number of thiazole rings is 1. The average Bonchev–Trinajstić information content (AvgIpc) is 3.20. The lowest BCUT2D eigenvalue weighted by Crippen LogP contribution is -2.05. The van der Waals surface area contributed by atoms with Gasteiger partial charge in [-0.3, -0.25) is 4.79 Å². The van der Waals surface area contributed by atoms with Crippen molar-refractivity contribution in [3.8, 4) is 17.2 Å².